The van der Waals surface area contributed by atoms with E-state index in [0.717, 1.165) is 17.7 Å². The molecule has 0 bridgehead atoms. The van der Waals surface area contributed by atoms with Crippen LogP contribution in [0.1, 0.15) is 21.7 Å². The van der Waals surface area contributed by atoms with E-state index in [0.29, 0.717) is 31.3 Å². The Morgan fingerprint density at radius 2 is 2.53 bits per heavy atom. The van der Waals surface area contributed by atoms with Gasteiger partial charge in [0, 0.05) is 30.1 Å². The molecule has 5 nitrogen and oxygen atoms in total. The van der Waals surface area contributed by atoms with Gasteiger partial charge in [-0.15, -0.1) is 11.6 Å². The highest BCUT2D eigenvalue weighted by Gasteiger charge is 2.21. The molecular weight excluding hydrogens is 218 g/mol. The Balaban J connectivity index is 2.14. The fourth-order valence-corrected chi connectivity index (χ4v) is 1.64. The van der Waals surface area contributed by atoms with Gasteiger partial charge in [-0.05, 0) is 0 Å². The monoisotopic (exact) mass is 229 g/mol. The summed E-state index contributed by atoms with van der Waals surface area (Å²) in [5, 5.41) is 9.53. The molecule has 2 heterocycles. The van der Waals surface area contributed by atoms with Gasteiger partial charge in [-0.1, -0.05) is 0 Å². The van der Waals surface area contributed by atoms with E-state index in [-0.39, 0.29) is 5.91 Å². The normalized spacial score (nSPS) is 14.7. The number of hydrogen-bond donors (Lipinski definition) is 2. The lowest BCUT2D eigenvalue weighted by molar-refractivity contribution is 0.0927. The van der Waals surface area contributed by atoms with Crippen molar-refractivity contribution >= 4 is 17.5 Å². The van der Waals surface area contributed by atoms with E-state index in [1.165, 1.54) is 0 Å². The summed E-state index contributed by atoms with van der Waals surface area (Å²) in [4.78, 5) is 11.6. The van der Waals surface area contributed by atoms with Gasteiger partial charge in [-0.25, -0.2) is 0 Å². The fourth-order valence-electron chi connectivity index (χ4n) is 1.54. The third kappa shape index (κ3) is 2.13. The zero-order valence-electron chi connectivity index (χ0n) is 8.18. The predicted molar refractivity (Wildman–Crippen MR) is 55.0 cm³/mol. The lowest BCUT2D eigenvalue weighted by atomic mass is 10.1. The van der Waals surface area contributed by atoms with Crippen molar-refractivity contribution in [3.63, 3.8) is 0 Å². The van der Waals surface area contributed by atoms with E-state index < -0.39 is 0 Å². The number of nitrogens with zero attached hydrogens (tertiary/aromatic N) is 1. The molecule has 2 N–H and O–H groups in total. The topological polar surface area (TPSA) is 67.0 Å². The van der Waals surface area contributed by atoms with Crippen LogP contribution in [-0.2, 0) is 17.8 Å². The summed E-state index contributed by atoms with van der Waals surface area (Å²) in [7, 11) is 0. The summed E-state index contributed by atoms with van der Waals surface area (Å²) < 4.78 is 5.28. The molecule has 2 rings (SSSR count). The van der Waals surface area contributed by atoms with Gasteiger partial charge >= 0.3 is 0 Å². The summed E-state index contributed by atoms with van der Waals surface area (Å²) >= 11 is 5.48. The largest absolute Gasteiger partial charge is 0.376 e. The molecule has 0 aliphatic carbocycles. The van der Waals surface area contributed by atoms with E-state index in [1.54, 1.807) is 0 Å². The predicted octanol–water partition coefficient (Wildman–Crippen LogP) is 0.451. The van der Waals surface area contributed by atoms with Crippen LogP contribution < -0.4 is 5.32 Å². The summed E-state index contributed by atoms with van der Waals surface area (Å²) in [5.41, 5.74) is 2.29. The molecular formula is C9H12ClN3O2. The Labute approximate surface area is 92.1 Å². The average molecular weight is 230 g/mol. The van der Waals surface area contributed by atoms with Crippen LogP contribution in [0.15, 0.2) is 0 Å². The zero-order chi connectivity index (χ0) is 10.7. The number of aromatic amines is 1. The van der Waals surface area contributed by atoms with Gasteiger partial charge in [0.25, 0.3) is 5.91 Å². The molecule has 1 amide bonds. The smallest absolute Gasteiger partial charge is 0.272 e. The number of ether oxygens (including phenoxy) is 1. The minimum absolute atomic E-state index is 0.196. The van der Waals surface area contributed by atoms with Gasteiger partial charge in [-0.3, -0.25) is 9.89 Å². The molecule has 0 fully saturated rings. The minimum Gasteiger partial charge on any atom is -0.376 e. The Kier molecular flexibility index (Phi) is 3.23. The molecule has 1 aliphatic rings. The molecule has 15 heavy (non-hydrogen) atoms. The third-order valence-electron chi connectivity index (χ3n) is 2.29. The Morgan fingerprint density at radius 1 is 1.67 bits per heavy atom. The quantitative estimate of drug-likeness (QED) is 0.740. The summed E-state index contributed by atoms with van der Waals surface area (Å²) in [6.07, 6.45) is 0.783. The first-order valence-electron chi connectivity index (χ1n) is 4.81. The highest BCUT2D eigenvalue weighted by molar-refractivity contribution is 6.18. The first kappa shape index (κ1) is 10.4. The molecule has 0 atom stereocenters. The van der Waals surface area contributed by atoms with Crippen LogP contribution in [-0.4, -0.2) is 35.1 Å². The van der Waals surface area contributed by atoms with Crippen LogP contribution in [0.2, 0.25) is 0 Å². The maximum Gasteiger partial charge on any atom is 0.272 e. The van der Waals surface area contributed by atoms with E-state index in [9.17, 15) is 4.79 Å². The molecule has 0 saturated carbocycles. The van der Waals surface area contributed by atoms with E-state index in [1.807, 2.05) is 0 Å². The zero-order valence-corrected chi connectivity index (χ0v) is 8.93. The number of hydrogen-bond acceptors (Lipinski definition) is 3. The number of carbonyl (C=O) groups is 1. The number of alkyl halides is 1. The second-order valence-corrected chi connectivity index (χ2v) is 3.65. The number of H-pyrrole nitrogens is 1. The molecule has 1 aromatic heterocycles. The number of fused-ring (bicyclic) bond motifs is 1. The van der Waals surface area contributed by atoms with Crippen molar-refractivity contribution in [2.45, 2.75) is 13.0 Å². The van der Waals surface area contributed by atoms with Crippen molar-refractivity contribution in [3.8, 4) is 0 Å². The van der Waals surface area contributed by atoms with Gasteiger partial charge in [-0.2, -0.15) is 5.10 Å². The van der Waals surface area contributed by atoms with Gasteiger partial charge < -0.3 is 10.1 Å². The molecule has 0 unspecified atom stereocenters. The standard InChI is InChI=1S/C9H12ClN3O2/c10-2-3-11-9(14)8-6-5-15-4-1-7(6)12-13-8/h1-5H2,(H,11,14)(H,12,13). The van der Waals surface area contributed by atoms with Crippen molar-refractivity contribution in [2.24, 2.45) is 0 Å². The van der Waals surface area contributed by atoms with Crippen LogP contribution in [0.4, 0.5) is 0 Å². The van der Waals surface area contributed by atoms with Gasteiger partial charge in [0.05, 0.1) is 13.2 Å². The van der Waals surface area contributed by atoms with Crippen molar-refractivity contribution in [1.82, 2.24) is 15.5 Å². The molecule has 0 saturated heterocycles. The van der Waals surface area contributed by atoms with E-state index >= 15 is 0 Å². The number of halogens is 1. The highest BCUT2D eigenvalue weighted by atomic mass is 35.5. The first-order chi connectivity index (χ1) is 7.33. The maximum absolute atomic E-state index is 11.6. The molecule has 0 aromatic carbocycles. The Bertz CT molecular complexity index is 364. The Morgan fingerprint density at radius 3 is 3.33 bits per heavy atom. The summed E-state index contributed by atoms with van der Waals surface area (Å²) in [6, 6.07) is 0. The van der Waals surface area contributed by atoms with Crippen molar-refractivity contribution in [2.75, 3.05) is 19.0 Å². The first-order valence-corrected chi connectivity index (χ1v) is 5.34. The van der Waals surface area contributed by atoms with Crippen LogP contribution in [0.5, 0.6) is 0 Å². The summed E-state index contributed by atoms with van der Waals surface area (Å²) in [5.74, 6) is 0.202. The van der Waals surface area contributed by atoms with Gasteiger partial charge in [0.1, 0.15) is 0 Å². The number of carbonyl (C=O) groups excluding carboxylic acids is 1. The number of nitrogens with one attached hydrogen (secondary N) is 2. The van der Waals surface area contributed by atoms with Crippen LogP contribution in [0, 0.1) is 0 Å². The molecule has 6 heteroatoms. The molecule has 1 aromatic rings. The molecule has 0 radical (unpaired) electrons. The number of rotatable bonds is 3. The van der Waals surface area contributed by atoms with Gasteiger partial charge in [0.15, 0.2) is 5.69 Å². The second-order valence-electron chi connectivity index (χ2n) is 3.28. The van der Waals surface area contributed by atoms with Crippen LogP contribution in [0.25, 0.3) is 0 Å². The van der Waals surface area contributed by atoms with Crippen molar-refractivity contribution in [1.29, 1.82) is 0 Å². The minimum atomic E-state index is -0.196. The highest BCUT2D eigenvalue weighted by Crippen LogP contribution is 2.17. The van der Waals surface area contributed by atoms with E-state index in [4.69, 9.17) is 16.3 Å². The second kappa shape index (κ2) is 4.63. The van der Waals surface area contributed by atoms with Crippen molar-refractivity contribution < 1.29 is 9.53 Å². The lowest BCUT2D eigenvalue weighted by Crippen LogP contribution is -2.27. The van der Waals surface area contributed by atoms with Crippen molar-refractivity contribution in [3.05, 3.63) is 17.0 Å². The maximum atomic E-state index is 11.6. The lowest BCUT2D eigenvalue weighted by Gasteiger charge is -2.11. The van der Waals surface area contributed by atoms with Crippen LogP contribution in [0.3, 0.4) is 0 Å². The fraction of sp³-hybridized carbons (Fsp3) is 0.556. The molecule has 82 valence electrons. The van der Waals surface area contributed by atoms with Crippen LogP contribution >= 0.6 is 11.6 Å². The van der Waals surface area contributed by atoms with E-state index in [2.05, 4.69) is 15.5 Å². The third-order valence-corrected chi connectivity index (χ3v) is 2.48. The number of amides is 1. The molecule has 0 spiro atoms. The average Bonchev–Trinajstić information content (AvgIpc) is 2.69. The SMILES string of the molecule is O=C(NCCCl)c1n[nH]c2c1COCC2. The Hall–Kier alpha value is -1.07. The molecule has 1 aliphatic heterocycles. The number of aromatic nitrogens is 2. The summed E-state index contributed by atoms with van der Waals surface area (Å²) in [6.45, 7) is 1.58. The van der Waals surface area contributed by atoms with Gasteiger partial charge in [0.2, 0.25) is 0 Å².